The molecular weight excluding hydrogens is 270 g/mol. The summed E-state index contributed by atoms with van der Waals surface area (Å²) in [4.78, 5) is 2.54. The zero-order chi connectivity index (χ0) is 15.2. The molecule has 0 saturated heterocycles. The van der Waals surface area contributed by atoms with Crippen LogP contribution in [-0.2, 0) is 6.42 Å². The first-order valence-corrected chi connectivity index (χ1v) is 7.95. The van der Waals surface area contributed by atoms with Crippen molar-refractivity contribution in [1.29, 1.82) is 0 Å². The second kappa shape index (κ2) is 7.28. The van der Waals surface area contributed by atoms with E-state index in [1.54, 1.807) is 7.11 Å². The average Bonchev–Trinajstić information content (AvgIpc) is 2.61. The summed E-state index contributed by atoms with van der Waals surface area (Å²) in [7, 11) is 1.72. The number of benzene rings is 2. The van der Waals surface area contributed by atoms with Crippen LogP contribution in [0.4, 0.5) is 0 Å². The molecule has 0 aliphatic carbocycles. The van der Waals surface area contributed by atoms with Gasteiger partial charge in [0.1, 0.15) is 5.75 Å². The fourth-order valence-electron chi connectivity index (χ4n) is 2.96. The van der Waals surface area contributed by atoms with Gasteiger partial charge in [-0.25, -0.2) is 0 Å². The molecule has 1 aliphatic rings. The first kappa shape index (κ1) is 14.9. The van der Waals surface area contributed by atoms with Crippen LogP contribution in [0.3, 0.4) is 0 Å². The lowest BCUT2D eigenvalue weighted by Gasteiger charge is -2.27. The summed E-state index contributed by atoms with van der Waals surface area (Å²) in [6.07, 6.45) is 4.61. The molecule has 2 heteroatoms. The Bertz CT molecular complexity index is 633. The molecule has 0 amide bonds. The Kier molecular flexibility index (Phi) is 4.92. The Morgan fingerprint density at radius 2 is 1.91 bits per heavy atom. The number of hydrogen-bond donors (Lipinski definition) is 0. The highest BCUT2D eigenvalue weighted by molar-refractivity contribution is 5.68. The molecule has 0 unspecified atom stereocenters. The van der Waals surface area contributed by atoms with Crippen LogP contribution >= 0.6 is 0 Å². The van der Waals surface area contributed by atoms with Gasteiger partial charge in [0, 0.05) is 19.6 Å². The zero-order valence-electron chi connectivity index (χ0n) is 13.2. The van der Waals surface area contributed by atoms with Crippen LogP contribution in [0.2, 0.25) is 0 Å². The summed E-state index contributed by atoms with van der Waals surface area (Å²) in [6, 6.07) is 19.1. The second-order valence-corrected chi connectivity index (χ2v) is 5.76. The van der Waals surface area contributed by atoms with E-state index in [0.29, 0.717) is 0 Å². The normalized spacial score (nSPS) is 15.4. The SMILES string of the molecule is COc1cccc(C2=CCCN(CCc3ccccc3)C2)c1. The Morgan fingerprint density at radius 3 is 2.73 bits per heavy atom. The van der Waals surface area contributed by atoms with Crippen LogP contribution in [0, 0.1) is 0 Å². The number of rotatable bonds is 5. The van der Waals surface area contributed by atoms with Gasteiger partial charge in [0.2, 0.25) is 0 Å². The van der Waals surface area contributed by atoms with Crippen LogP contribution < -0.4 is 4.74 Å². The number of ether oxygens (including phenoxy) is 1. The van der Waals surface area contributed by atoms with Gasteiger partial charge < -0.3 is 4.74 Å². The molecule has 2 nitrogen and oxygen atoms in total. The summed E-state index contributed by atoms with van der Waals surface area (Å²) >= 11 is 0. The van der Waals surface area contributed by atoms with Gasteiger partial charge in [-0.05, 0) is 41.7 Å². The molecule has 0 aromatic heterocycles. The van der Waals surface area contributed by atoms with Crippen molar-refractivity contribution in [3.05, 3.63) is 71.8 Å². The minimum absolute atomic E-state index is 0.930. The third kappa shape index (κ3) is 3.77. The molecule has 114 valence electrons. The van der Waals surface area contributed by atoms with Crippen molar-refractivity contribution in [2.75, 3.05) is 26.7 Å². The van der Waals surface area contributed by atoms with Gasteiger partial charge in [0.25, 0.3) is 0 Å². The molecule has 1 heterocycles. The first-order chi connectivity index (χ1) is 10.8. The molecule has 0 fully saturated rings. The maximum atomic E-state index is 5.34. The van der Waals surface area contributed by atoms with E-state index in [1.807, 2.05) is 6.07 Å². The highest BCUT2D eigenvalue weighted by Crippen LogP contribution is 2.24. The maximum absolute atomic E-state index is 5.34. The van der Waals surface area contributed by atoms with E-state index in [2.05, 4.69) is 59.5 Å². The lowest BCUT2D eigenvalue weighted by Crippen LogP contribution is -2.31. The predicted octanol–water partition coefficient (Wildman–Crippen LogP) is 4.03. The Hall–Kier alpha value is -2.06. The number of nitrogens with zero attached hydrogens (tertiary/aromatic N) is 1. The van der Waals surface area contributed by atoms with Gasteiger partial charge in [-0.3, -0.25) is 4.90 Å². The molecular formula is C20H23NO. The van der Waals surface area contributed by atoms with Gasteiger partial charge in [0.15, 0.2) is 0 Å². The summed E-state index contributed by atoms with van der Waals surface area (Å²) in [5.41, 5.74) is 4.11. The van der Waals surface area contributed by atoms with Gasteiger partial charge in [-0.15, -0.1) is 0 Å². The van der Waals surface area contributed by atoms with Gasteiger partial charge in [-0.1, -0.05) is 48.5 Å². The molecule has 0 atom stereocenters. The predicted molar refractivity (Wildman–Crippen MR) is 92.2 cm³/mol. The summed E-state index contributed by atoms with van der Waals surface area (Å²) in [5, 5.41) is 0. The van der Waals surface area contributed by atoms with Crippen LogP contribution in [0.15, 0.2) is 60.7 Å². The van der Waals surface area contributed by atoms with E-state index >= 15 is 0 Å². The molecule has 0 saturated carbocycles. The van der Waals surface area contributed by atoms with Crippen molar-refractivity contribution in [1.82, 2.24) is 4.90 Å². The molecule has 0 spiro atoms. The van der Waals surface area contributed by atoms with Crippen molar-refractivity contribution in [2.24, 2.45) is 0 Å². The topological polar surface area (TPSA) is 12.5 Å². The van der Waals surface area contributed by atoms with E-state index in [1.165, 1.54) is 16.7 Å². The van der Waals surface area contributed by atoms with Crippen LogP contribution in [0.25, 0.3) is 5.57 Å². The Balaban J connectivity index is 1.62. The van der Waals surface area contributed by atoms with E-state index < -0.39 is 0 Å². The Morgan fingerprint density at radius 1 is 1.05 bits per heavy atom. The maximum Gasteiger partial charge on any atom is 0.119 e. The third-order valence-corrected chi connectivity index (χ3v) is 4.23. The van der Waals surface area contributed by atoms with E-state index in [0.717, 1.165) is 38.2 Å². The van der Waals surface area contributed by atoms with Crippen LogP contribution in [-0.4, -0.2) is 31.6 Å². The summed E-state index contributed by atoms with van der Waals surface area (Å²) in [6.45, 7) is 3.30. The minimum Gasteiger partial charge on any atom is -0.497 e. The van der Waals surface area contributed by atoms with Gasteiger partial charge >= 0.3 is 0 Å². The highest BCUT2D eigenvalue weighted by Gasteiger charge is 2.14. The molecule has 2 aromatic rings. The first-order valence-electron chi connectivity index (χ1n) is 7.95. The minimum atomic E-state index is 0.930. The average molecular weight is 293 g/mol. The highest BCUT2D eigenvalue weighted by atomic mass is 16.5. The van der Waals surface area contributed by atoms with Crippen molar-refractivity contribution in [3.63, 3.8) is 0 Å². The lowest BCUT2D eigenvalue weighted by molar-refractivity contribution is 0.308. The zero-order valence-corrected chi connectivity index (χ0v) is 13.2. The quantitative estimate of drug-likeness (QED) is 0.825. The molecule has 0 N–H and O–H groups in total. The monoisotopic (exact) mass is 293 g/mol. The van der Waals surface area contributed by atoms with Gasteiger partial charge in [-0.2, -0.15) is 0 Å². The lowest BCUT2D eigenvalue weighted by atomic mass is 10.0. The molecule has 0 radical (unpaired) electrons. The largest absolute Gasteiger partial charge is 0.497 e. The molecule has 0 bridgehead atoms. The smallest absolute Gasteiger partial charge is 0.119 e. The van der Waals surface area contributed by atoms with E-state index in [9.17, 15) is 0 Å². The fraction of sp³-hybridized carbons (Fsp3) is 0.300. The third-order valence-electron chi connectivity index (χ3n) is 4.23. The van der Waals surface area contributed by atoms with Crippen molar-refractivity contribution in [3.8, 4) is 5.75 Å². The fourth-order valence-corrected chi connectivity index (χ4v) is 2.96. The van der Waals surface area contributed by atoms with Gasteiger partial charge in [0.05, 0.1) is 7.11 Å². The number of methoxy groups -OCH3 is 1. The second-order valence-electron chi connectivity index (χ2n) is 5.76. The molecule has 3 rings (SSSR count). The van der Waals surface area contributed by atoms with Crippen molar-refractivity contribution in [2.45, 2.75) is 12.8 Å². The number of hydrogen-bond acceptors (Lipinski definition) is 2. The molecule has 2 aromatic carbocycles. The van der Waals surface area contributed by atoms with E-state index in [-0.39, 0.29) is 0 Å². The van der Waals surface area contributed by atoms with Crippen LogP contribution in [0.5, 0.6) is 5.75 Å². The standard InChI is InChI=1S/C20H23NO/c1-22-20-11-5-9-18(15-20)19-10-6-13-21(16-19)14-12-17-7-3-2-4-8-17/h2-5,7-11,15H,6,12-14,16H2,1H3. The summed E-state index contributed by atoms with van der Waals surface area (Å²) < 4.78 is 5.34. The van der Waals surface area contributed by atoms with E-state index in [4.69, 9.17) is 4.74 Å². The van der Waals surface area contributed by atoms with Crippen LogP contribution in [0.1, 0.15) is 17.5 Å². The summed E-state index contributed by atoms with van der Waals surface area (Å²) in [5.74, 6) is 0.930. The van der Waals surface area contributed by atoms with Crippen molar-refractivity contribution < 1.29 is 4.74 Å². The molecule has 22 heavy (non-hydrogen) atoms. The Labute approximate surface area is 133 Å². The van der Waals surface area contributed by atoms with Crippen molar-refractivity contribution >= 4 is 5.57 Å². The molecule has 1 aliphatic heterocycles.